The van der Waals surface area contributed by atoms with Gasteiger partial charge in [0.15, 0.2) is 4.32 Å². The standard InChI is InChI=1S/C19H12N2O2S2/c22-15-8-2-7-14(11-15)21-18(23)16(25-19(21)24)10-13-5-1-4-12-6-3-9-20-17(12)13/h1-11,22H. The fourth-order valence-electron chi connectivity index (χ4n) is 2.71. The van der Waals surface area contributed by atoms with Gasteiger partial charge in [-0.2, -0.15) is 0 Å². The molecule has 4 rings (SSSR count). The van der Waals surface area contributed by atoms with Crippen molar-refractivity contribution in [2.75, 3.05) is 4.90 Å². The first-order chi connectivity index (χ1) is 12.1. The van der Waals surface area contributed by atoms with Crippen LogP contribution < -0.4 is 4.90 Å². The number of thioether (sulfide) groups is 1. The van der Waals surface area contributed by atoms with Gasteiger partial charge in [-0.05, 0) is 24.3 Å². The number of phenolic OH excluding ortho intramolecular Hbond substituents is 1. The molecule has 4 nitrogen and oxygen atoms in total. The number of anilines is 1. The predicted molar refractivity (Wildman–Crippen MR) is 106 cm³/mol. The first-order valence-electron chi connectivity index (χ1n) is 7.54. The van der Waals surface area contributed by atoms with Crippen molar-refractivity contribution in [2.24, 2.45) is 0 Å². The number of fused-ring (bicyclic) bond motifs is 1. The van der Waals surface area contributed by atoms with Crippen molar-refractivity contribution in [3.05, 3.63) is 71.3 Å². The Hall–Kier alpha value is -2.70. The van der Waals surface area contributed by atoms with Crippen molar-refractivity contribution in [3.63, 3.8) is 0 Å². The van der Waals surface area contributed by atoms with Gasteiger partial charge in [0.1, 0.15) is 5.75 Å². The monoisotopic (exact) mass is 364 g/mol. The van der Waals surface area contributed by atoms with Gasteiger partial charge in [-0.1, -0.05) is 54.3 Å². The van der Waals surface area contributed by atoms with Crippen LogP contribution in [-0.4, -0.2) is 20.3 Å². The summed E-state index contributed by atoms with van der Waals surface area (Å²) < 4.78 is 0.440. The minimum absolute atomic E-state index is 0.0915. The van der Waals surface area contributed by atoms with E-state index in [-0.39, 0.29) is 11.7 Å². The lowest BCUT2D eigenvalue weighted by atomic mass is 10.1. The summed E-state index contributed by atoms with van der Waals surface area (Å²) >= 11 is 6.61. The van der Waals surface area contributed by atoms with Crippen LogP contribution >= 0.6 is 24.0 Å². The number of hydrogen-bond donors (Lipinski definition) is 1. The zero-order chi connectivity index (χ0) is 17.4. The summed E-state index contributed by atoms with van der Waals surface area (Å²) in [5, 5.41) is 10.7. The molecule has 0 saturated carbocycles. The molecule has 25 heavy (non-hydrogen) atoms. The number of pyridine rings is 1. The van der Waals surface area contributed by atoms with Crippen LogP contribution in [0.1, 0.15) is 5.56 Å². The van der Waals surface area contributed by atoms with Crippen molar-refractivity contribution in [1.82, 2.24) is 4.98 Å². The van der Waals surface area contributed by atoms with E-state index in [1.54, 1.807) is 24.4 Å². The maximum Gasteiger partial charge on any atom is 0.270 e. The van der Waals surface area contributed by atoms with E-state index in [9.17, 15) is 9.90 Å². The molecule has 1 saturated heterocycles. The van der Waals surface area contributed by atoms with E-state index in [1.165, 1.54) is 22.7 Å². The predicted octanol–water partition coefficient (Wildman–Crippen LogP) is 4.35. The molecular formula is C19H12N2O2S2. The normalized spacial score (nSPS) is 16.2. The van der Waals surface area contributed by atoms with Gasteiger partial charge in [-0.15, -0.1) is 0 Å². The molecule has 0 bridgehead atoms. The molecule has 1 fully saturated rings. The summed E-state index contributed by atoms with van der Waals surface area (Å²) in [7, 11) is 0. The van der Waals surface area contributed by atoms with Crippen LogP contribution in [0.15, 0.2) is 65.7 Å². The smallest absolute Gasteiger partial charge is 0.270 e. The van der Waals surface area contributed by atoms with Crippen LogP contribution in [0.3, 0.4) is 0 Å². The van der Waals surface area contributed by atoms with Crippen molar-refractivity contribution in [2.45, 2.75) is 0 Å². The van der Waals surface area contributed by atoms with Crippen LogP contribution in [-0.2, 0) is 4.79 Å². The molecule has 3 aromatic rings. The Bertz CT molecular complexity index is 1040. The summed E-state index contributed by atoms with van der Waals surface area (Å²) in [6, 6.07) is 16.2. The van der Waals surface area contributed by atoms with Gasteiger partial charge in [-0.25, -0.2) is 0 Å². The number of carbonyl (C=O) groups is 1. The van der Waals surface area contributed by atoms with Crippen molar-refractivity contribution >= 4 is 56.9 Å². The maximum atomic E-state index is 12.8. The average molecular weight is 364 g/mol. The number of hydrogen-bond acceptors (Lipinski definition) is 5. The zero-order valence-corrected chi connectivity index (χ0v) is 14.6. The number of phenols is 1. The lowest BCUT2D eigenvalue weighted by molar-refractivity contribution is -0.113. The molecule has 0 aliphatic carbocycles. The molecule has 1 aliphatic rings. The lowest BCUT2D eigenvalue weighted by Crippen LogP contribution is -2.27. The fourth-order valence-corrected chi connectivity index (χ4v) is 4.00. The summed E-state index contributed by atoms with van der Waals surface area (Å²) in [5.74, 6) is -0.109. The summed E-state index contributed by atoms with van der Waals surface area (Å²) in [5.41, 5.74) is 2.27. The second-order valence-electron chi connectivity index (χ2n) is 5.46. The second-order valence-corrected chi connectivity index (χ2v) is 7.14. The van der Waals surface area contributed by atoms with E-state index in [0.717, 1.165) is 16.5 Å². The van der Waals surface area contributed by atoms with Crippen LogP contribution in [0.25, 0.3) is 17.0 Å². The van der Waals surface area contributed by atoms with Gasteiger partial charge in [-0.3, -0.25) is 14.7 Å². The first kappa shape index (κ1) is 15.8. The van der Waals surface area contributed by atoms with E-state index in [1.807, 2.05) is 36.4 Å². The van der Waals surface area contributed by atoms with E-state index in [0.29, 0.717) is 14.9 Å². The van der Waals surface area contributed by atoms with E-state index >= 15 is 0 Å². The third-order valence-corrected chi connectivity index (χ3v) is 5.13. The number of aromatic hydroxyl groups is 1. The van der Waals surface area contributed by atoms with Crippen molar-refractivity contribution in [3.8, 4) is 5.75 Å². The summed E-state index contributed by atoms with van der Waals surface area (Å²) in [6.07, 6.45) is 3.55. The van der Waals surface area contributed by atoms with Crippen molar-refractivity contribution in [1.29, 1.82) is 0 Å². The largest absolute Gasteiger partial charge is 0.508 e. The topological polar surface area (TPSA) is 53.4 Å². The second kappa shape index (κ2) is 6.31. The Morgan fingerprint density at radius 1 is 1.12 bits per heavy atom. The number of carbonyl (C=O) groups excluding carboxylic acids is 1. The minimum atomic E-state index is -0.200. The zero-order valence-electron chi connectivity index (χ0n) is 12.9. The first-order valence-corrected chi connectivity index (χ1v) is 8.77. The lowest BCUT2D eigenvalue weighted by Gasteiger charge is -2.14. The third-order valence-electron chi connectivity index (χ3n) is 3.83. The van der Waals surface area contributed by atoms with E-state index < -0.39 is 0 Å². The Morgan fingerprint density at radius 3 is 2.76 bits per heavy atom. The number of benzene rings is 2. The molecule has 0 spiro atoms. The van der Waals surface area contributed by atoms with Gasteiger partial charge < -0.3 is 5.11 Å². The number of thiocarbonyl (C=S) groups is 1. The van der Waals surface area contributed by atoms with Crippen LogP contribution in [0.5, 0.6) is 5.75 Å². The summed E-state index contributed by atoms with van der Waals surface area (Å²) in [4.78, 5) is 19.2. The van der Waals surface area contributed by atoms with E-state index in [2.05, 4.69) is 4.98 Å². The van der Waals surface area contributed by atoms with Gasteiger partial charge >= 0.3 is 0 Å². The number of aromatic nitrogens is 1. The van der Waals surface area contributed by atoms with Gasteiger partial charge in [0.2, 0.25) is 0 Å². The highest BCUT2D eigenvalue weighted by molar-refractivity contribution is 8.27. The average Bonchev–Trinajstić information content (AvgIpc) is 2.89. The SMILES string of the molecule is O=C1C(=Cc2cccc3cccnc23)SC(=S)N1c1cccc(O)c1. The number of rotatable bonds is 2. The van der Waals surface area contributed by atoms with Crippen LogP contribution in [0.2, 0.25) is 0 Å². The highest BCUT2D eigenvalue weighted by atomic mass is 32.2. The van der Waals surface area contributed by atoms with Gasteiger partial charge in [0.05, 0.1) is 16.1 Å². The molecular weight excluding hydrogens is 352 g/mol. The van der Waals surface area contributed by atoms with Crippen LogP contribution in [0, 0.1) is 0 Å². The third kappa shape index (κ3) is 2.90. The minimum Gasteiger partial charge on any atom is -0.508 e. The maximum absolute atomic E-state index is 12.8. The molecule has 6 heteroatoms. The Kier molecular flexibility index (Phi) is 3.99. The Balaban J connectivity index is 1.75. The quantitative estimate of drug-likeness (QED) is 0.541. The molecule has 1 amide bonds. The van der Waals surface area contributed by atoms with Gasteiger partial charge in [0.25, 0.3) is 5.91 Å². The number of amides is 1. The Labute approximate surface area is 153 Å². The van der Waals surface area contributed by atoms with E-state index in [4.69, 9.17) is 12.2 Å². The molecule has 1 N–H and O–H groups in total. The molecule has 2 heterocycles. The molecule has 2 aromatic carbocycles. The van der Waals surface area contributed by atoms with Crippen molar-refractivity contribution < 1.29 is 9.90 Å². The number of nitrogens with zero attached hydrogens (tertiary/aromatic N) is 2. The highest BCUT2D eigenvalue weighted by Crippen LogP contribution is 2.37. The van der Waals surface area contributed by atoms with Crippen LogP contribution in [0.4, 0.5) is 5.69 Å². The Morgan fingerprint density at radius 2 is 1.92 bits per heavy atom. The number of para-hydroxylation sites is 1. The molecule has 122 valence electrons. The fraction of sp³-hybridized carbons (Fsp3) is 0. The van der Waals surface area contributed by atoms with Gasteiger partial charge in [0, 0.05) is 23.2 Å². The molecule has 1 aliphatic heterocycles. The molecule has 0 unspecified atom stereocenters. The highest BCUT2D eigenvalue weighted by Gasteiger charge is 2.33. The molecule has 1 aromatic heterocycles. The summed E-state index contributed by atoms with van der Waals surface area (Å²) in [6.45, 7) is 0. The molecule has 0 radical (unpaired) electrons. The molecule has 0 atom stereocenters.